The van der Waals surface area contributed by atoms with Gasteiger partial charge in [0.1, 0.15) is 0 Å². The number of hydrogen-bond donors (Lipinski definition) is 0. The van der Waals surface area contributed by atoms with E-state index in [1.54, 1.807) is 0 Å². The van der Waals surface area contributed by atoms with Gasteiger partial charge in [0.25, 0.3) is 0 Å². The first kappa shape index (κ1) is 31.5. The fraction of sp³-hybridized carbons (Fsp3) is 0.0408. The van der Waals surface area contributed by atoms with Crippen LogP contribution in [-0.4, -0.2) is 10.3 Å². The summed E-state index contributed by atoms with van der Waals surface area (Å²) >= 11 is 1.87. The lowest BCUT2D eigenvalue weighted by atomic mass is 10.0. The smallest absolute Gasteiger partial charge is 0.0675 e. The quantitative estimate of drug-likeness (QED) is 0.118. The fourth-order valence-electron chi connectivity index (χ4n) is 7.36. The Kier molecular flexibility index (Phi) is 8.08. The van der Waals surface area contributed by atoms with Crippen molar-refractivity contribution in [3.63, 3.8) is 0 Å². The van der Waals surface area contributed by atoms with Gasteiger partial charge in [0.05, 0.1) is 16.7 Å². The van der Waals surface area contributed by atoms with Crippen molar-refractivity contribution in [2.75, 3.05) is 0 Å². The van der Waals surface area contributed by atoms with E-state index in [9.17, 15) is 0 Å². The molecule has 0 fully saturated rings. The van der Waals surface area contributed by atoms with Gasteiger partial charge in [0, 0.05) is 48.8 Å². The molecule has 0 aliphatic carbocycles. The van der Waals surface area contributed by atoms with Crippen molar-refractivity contribution < 1.29 is 0 Å². The number of thiophene rings is 1. The minimum Gasteiger partial charge on any atom is -0.309 e. The van der Waals surface area contributed by atoms with Crippen molar-refractivity contribution in [1.82, 2.24) is 4.57 Å². The van der Waals surface area contributed by atoms with Gasteiger partial charge in [-0.2, -0.15) is 0 Å². The zero-order valence-electron chi connectivity index (χ0n) is 28.8. The van der Waals surface area contributed by atoms with E-state index in [1.165, 1.54) is 64.2 Å². The molecule has 0 aliphatic rings. The first-order chi connectivity index (χ1) is 25.7. The molecule has 0 N–H and O–H groups in total. The van der Waals surface area contributed by atoms with Crippen molar-refractivity contribution in [1.29, 1.82) is 0 Å². The highest BCUT2D eigenvalue weighted by atomic mass is 32.1. The minimum absolute atomic E-state index is 0.507. The van der Waals surface area contributed by atoms with Gasteiger partial charge in [-0.1, -0.05) is 127 Å². The number of benzene rings is 7. The second-order valence-corrected chi connectivity index (χ2v) is 14.1. The van der Waals surface area contributed by atoms with Crippen molar-refractivity contribution in [3.05, 3.63) is 181 Å². The van der Waals surface area contributed by atoms with Crippen LogP contribution in [0.15, 0.2) is 175 Å². The lowest BCUT2D eigenvalue weighted by molar-refractivity contribution is 1.18. The Morgan fingerprint density at radius 1 is 0.615 bits per heavy atom. The van der Waals surface area contributed by atoms with Crippen LogP contribution >= 0.6 is 11.3 Å². The third-order valence-electron chi connectivity index (χ3n) is 9.90. The average Bonchev–Trinajstić information content (AvgIpc) is 3.75. The van der Waals surface area contributed by atoms with Gasteiger partial charge in [0.2, 0.25) is 0 Å². The molecule has 0 aliphatic heterocycles. The summed E-state index contributed by atoms with van der Waals surface area (Å²) < 4.78 is 5.03. The first-order valence-electron chi connectivity index (χ1n) is 17.6. The van der Waals surface area contributed by atoms with E-state index in [1.807, 2.05) is 23.5 Å². The van der Waals surface area contributed by atoms with Crippen LogP contribution in [0.25, 0.3) is 75.6 Å². The van der Waals surface area contributed by atoms with Crippen LogP contribution in [0.4, 0.5) is 0 Å². The summed E-state index contributed by atoms with van der Waals surface area (Å²) in [4.78, 5) is 5.16. The Balaban J connectivity index is 1.11. The lowest BCUT2D eigenvalue weighted by Gasteiger charge is -2.12. The third kappa shape index (κ3) is 5.60. The van der Waals surface area contributed by atoms with Gasteiger partial charge in [-0.3, -0.25) is 4.99 Å². The van der Waals surface area contributed by atoms with Crippen molar-refractivity contribution in [3.8, 4) is 40.3 Å². The maximum atomic E-state index is 5.70. The second-order valence-electron chi connectivity index (χ2n) is 13.1. The number of aromatic nitrogens is 1. The minimum atomic E-state index is 0.507. The fourth-order valence-corrected chi connectivity index (χ4v) is 8.59. The Morgan fingerprint density at radius 3 is 2.15 bits per heavy atom. The number of nitrogens with zero attached hydrogens (tertiary/aromatic N) is 2. The molecule has 52 heavy (non-hydrogen) atoms. The second kappa shape index (κ2) is 13.3. The maximum Gasteiger partial charge on any atom is 0.0675 e. The maximum absolute atomic E-state index is 5.70. The normalized spacial score (nSPS) is 12.2. The number of terminal acetylenes is 1. The van der Waals surface area contributed by atoms with Crippen LogP contribution in [0.3, 0.4) is 0 Å². The topological polar surface area (TPSA) is 17.3 Å². The van der Waals surface area contributed by atoms with Gasteiger partial charge in [0.15, 0.2) is 0 Å². The molecule has 2 heterocycles. The summed E-state index contributed by atoms with van der Waals surface area (Å²) in [5, 5.41) is 5.11. The van der Waals surface area contributed by atoms with Gasteiger partial charge in [-0.25, -0.2) is 0 Å². The highest BCUT2D eigenvalue weighted by Crippen LogP contribution is 2.42. The van der Waals surface area contributed by atoms with E-state index < -0.39 is 0 Å². The highest BCUT2D eigenvalue weighted by Gasteiger charge is 2.16. The molecule has 0 atom stereocenters. The Labute approximate surface area is 307 Å². The third-order valence-corrected chi connectivity index (χ3v) is 11.1. The largest absolute Gasteiger partial charge is 0.309 e. The molecular weight excluding hydrogens is 649 g/mol. The van der Waals surface area contributed by atoms with Crippen molar-refractivity contribution >= 4 is 64.7 Å². The zero-order valence-corrected chi connectivity index (χ0v) is 29.6. The van der Waals surface area contributed by atoms with E-state index in [0.717, 1.165) is 28.2 Å². The molecule has 2 aromatic heterocycles. The molecule has 9 aromatic rings. The summed E-state index contributed by atoms with van der Waals surface area (Å²) in [5.74, 6) is 2.76. The summed E-state index contributed by atoms with van der Waals surface area (Å²) in [5.41, 5.74) is 12.2. The molecule has 0 saturated heterocycles. The molecular formula is C49H34N2S. The van der Waals surface area contributed by atoms with Crippen LogP contribution < -0.4 is 0 Å². The molecule has 7 aromatic carbocycles. The van der Waals surface area contributed by atoms with Gasteiger partial charge in [-0.15, -0.1) is 23.7 Å². The molecule has 0 unspecified atom stereocenters. The summed E-state index contributed by atoms with van der Waals surface area (Å²) in [7, 11) is 0. The van der Waals surface area contributed by atoms with Crippen LogP contribution in [0, 0.1) is 12.3 Å². The molecule has 2 nitrogen and oxygen atoms in total. The summed E-state index contributed by atoms with van der Waals surface area (Å²) in [6, 6.07) is 58.7. The lowest BCUT2D eigenvalue weighted by Crippen LogP contribution is -2.00. The molecule has 0 radical (unpaired) electrons. The zero-order chi connectivity index (χ0) is 35.0. The van der Waals surface area contributed by atoms with Gasteiger partial charge >= 0.3 is 0 Å². The van der Waals surface area contributed by atoms with Crippen LogP contribution in [0.2, 0.25) is 0 Å². The van der Waals surface area contributed by atoms with Crippen molar-refractivity contribution in [2.24, 2.45) is 4.99 Å². The van der Waals surface area contributed by atoms with Crippen LogP contribution in [-0.2, 0) is 0 Å². The molecule has 246 valence electrons. The van der Waals surface area contributed by atoms with Crippen LogP contribution in [0.1, 0.15) is 24.5 Å². The number of para-hydroxylation sites is 1. The standard InChI is InChI=1S/C49H34N2S/c1-3-4-22-45(36-27-25-35(26-28-36)34-14-6-5-7-15-34)50-33(2)37-16-12-17-39(31-37)51-46-23-10-8-18-41(46)44-32-38(29-30-47(44)51)40-20-13-21-43-42-19-9-11-24-48(42)52-49(40)43/h1,5-32H,4H2,2H3/b45-22-,50-33?. The number of hydrogen-bond acceptors (Lipinski definition) is 2. The summed E-state index contributed by atoms with van der Waals surface area (Å²) in [6.45, 7) is 2.08. The predicted octanol–water partition coefficient (Wildman–Crippen LogP) is 13.4. The van der Waals surface area contributed by atoms with E-state index >= 15 is 0 Å². The SMILES string of the molecule is C#CC/C=C(\N=C(C)c1cccc(-n2c3ccccc3c3cc(-c4cccc5c4sc4ccccc45)ccc32)c1)c1ccc(-c2ccccc2)cc1. The molecule has 9 rings (SSSR count). The molecule has 0 spiro atoms. The Bertz CT molecular complexity index is 2880. The van der Waals surface area contributed by atoms with E-state index in [4.69, 9.17) is 11.4 Å². The number of allylic oxidation sites excluding steroid dienone is 1. The Hall–Kier alpha value is -6.47. The molecule has 0 saturated carbocycles. The van der Waals surface area contributed by atoms with E-state index in [-0.39, 0.29) is 0 Å². The van der Waals surface area contributed by atoms with E-state index in [2.05, 4.69) is 175 Å². The van der Waals surface area contributed by atoms with Gasteiger partial charge in [-0.05, 0) is 82.8 Å². The average molecular weight is 683 g/mol. The van der Waals surface area contributed by atoms with Gasteiger partial charge < -0.3 is 4.57 Å². The monoisotopic (exact) mass is 682 g/mol. The van der Waals surface area contributed by atoms with Crippen LogP contribution in [0.5, 0.6) is 0 Å². The summed E-state index contributed by atoms with van der Waals surface area (Å²) in [6.07, 6.45) is 8.24. The predicted molar refractivity (Wildman–Crippen MR) is 225 cm³/mol. The molecule has 0 amide bonds. The van der Waals surface area contributed by atoms with Crippen molar-refractivity contribution in [2.45, 2.75) is 13.3 Å². The van der Waals surface area contributed by atoms with E-state index in [0.29, 0.717) is 6.42 Å². The number of rotatable bonds is 7. The molecule has 3 heteroatoms. The molecule has 0 bridgehead atoms. The highest BCUT2D eigenvalue weighted by molar-refractivity contribution is 7.26. The number of fused-ring (bicyclic) bond motifs is 6. The first-order valence-corrected chi connectivity index (χ1v) is 18.4. The number of aliphatic imine (C=N–C) groups is 1. The Morgan fingerprint density at radius 2 is 1.31 bits per heavy atom.